The Balaban J connectivity index is 2.04. The van der Waals surface area contributed by atoms with Crippen LogP contribution < -0.4 is 5.73 Å². The smallest absolute Gasteiger partial charge is 0.167 e. The van der Waals surface area contributed by atoms with Gasteiger partial charge in [-0.2, -0.15) is 0 Å². The minimum Gasteiger partial charge on any atom is -0.390 e. The number of imidazole rings is 1. The summed E-state index contributed by atoms with van der Waals surface area (Å²) in [6, 6.07) is 0. The Morgan fingerprint density at radius 2 is 2.29 bits per heavy atom. The minimum absolute atomic E-state index is 0.184. The van der Waals surface area contributed by atoms with Crippen LogP contribution >= 0.6 is 0 Å². The van der Waals surface area contributed by atoms with Gasteiger partial charge in [0.25, 0.3) is 0 Å². The van der Waals surface area contributed by atoms with Crippen LogP contribution in [0.5, 0.6) is 0 Å². The van der Waals surface area contributed by atoms with E-state index in [-0.39, 0.29) is 12.3 Å². The van der Waals surface area contributed by atoms with Crippen LogP contribution in [-0.2, 0) is 4.74 Å². The summed E-state index contributed by atoms with van der Waals surface area (Å²) in [7, 11) is 0. The molecule has 0 aliphatic carbocycles. The Morgan fingerprint density at radius 3 is 3.00 bits per heavy atom. The van der Waals surface area contributed by atoms with E-state index in [2.05, 4.69) is 15.0 Å². The zero-order valence-electron chi connectivity index (χ0n) is 9.32. The maximum Gasteiger partial charge on any atom is 0.167 e. The number of fused-ring (bicyclic) bond motifs is 1. The van der Waals surface area contributed by atoms with Crippen molar-refractivity contribution >= 4 is 17.0 Å². The number of hydrogen-bond acceptors (Lipinski definition) is 6. The van der Waals surface area contributed by atoms with Gasteiger partial charge in [0, 0.05) is 6.42 Å². The highest BCUT2D eigenvalue weighted by molar-refractivity contribution is 5.81. The number of ether oxygens (including phenoxy) is 1. The van der Waals surface area contributed by atoms with E-state index in [1.54, 1.807) is 10.9 Å². The van der Waals surface area contributed by atoms with E-state index in [9.17, 15) is 5.11 Å². The third-order valence-corrected chi connectivity index (χ3v) is 3.05. The van der Waals surface area contributed by atoms with Gasteiger partial charge in [0.1, 0.15) is 18.1 Å². The fourth-order valence-corrected chi connectivity index (χ4v) is 2.05. The summed E-state index contributed by atoms with van der Waals surface area (Å²) in [6.45, 7) is 1.84. The van der Waals surface area contributed by atoms with E-state index in [0.717, 1.165) is 0 Å². The van der Waals surface area contributed by atoms with Crippen LogP contribution in [0.15, 0.2) is 12.7 Å². The minimum atomic E-state index is -0.461. The van der Waals surface area contributed by atoms with Gasteiger partial charge in [-0.3, -0.25) is 4.57 Å². The molecule has 0 saturated carbocycles. The van der Waals surface area contributed by atoms with Crippen molar-refractivity contribution in [1.29, 1.82) is 0 Å². The first-order valence-corrected chi connectivity index (χ1v) is 5.43. The molecule has 0 spiro atoms. The largest absolute Gasteiger partial charge is 0.390 e. The van der Waals surface area contributed by atoms with Crippen LogP contribution in [0.4, 0.5) is 5.82 Å². The van der Waals surface area contributed by atoms with E-state index >= 15 is 0 Å². The number of hydrogen-bond donors (Lipinski definition) is 2. The van der Waals surface area contributed by atoms with Gasteiger partial charge in [-0.25, -0.2) is 15.0 Å². The SMILES string of the molecule is C[C@H]1O[C@@H](n2cnc3c(N)ncnc32)CC1O. The molecule has 2 aromatic rings. The van der Waals surface area contributed by atoms with Crippen molar-refractivity contribution in [2.75, 3.05) is 5.73 Å². The molecule has 0 amide bonds. The van der Waals surface area contributed by atoms with E-state index in [1.165, 1.54) is 6.33 Å². The van der Waals surface area contributed by atoms with Gasteiger partial charge in [0.2, 0.25) is 0 Å². The molecular weight excluding hydrogens is 222 g/mol. The highest BCUT2D eigenvalue weighted by atomic mass is 16.5. The Hall–Kier alpha value is -1.73. The summed E-state index contributed by atoms with van der Waals surface area (Å²) in [5, 5.41) is 9.68. The maximum absolute atomic E-state index is 9.68. The van der Waals surface area contributed by atoms with E-state index in [1.807, 2.05) is 6.92 Å². The van der Waals surface area contributed by atoms with Gasteiger partial charge in [-0.05, 0) is 6.92 Å². The average molecular weight is 235 g/mol. The molecule has 0 aromatic carbocycles. The number of aliphatic hydroxyl groups excluding tert-OH is 1. The first-order valence-electron chi connectivity index (χ1n) is 5.43. The summed E-state index contributed by atoms with van der Waals surface area (Å²) < 4.78 is 7.42. The first kappa shape index (κ1) is 10.4. The Bertz CT molecular complexity index is 545. The monoisotopic (exact) mass is 235 g/mol. The van der Waals surface area contributed by atoms with Crippen LogP contribution in [0.2, 0.25) is 0 Å². The van der Waals surface area contributed by atoms with Crippen molar-refractivity contribution in [1.82, 2.24) is 19.5 Å². The van der Waals surface area contributed by atoms with Gasteiger partial charge in [0.05, 0.1) is 18.5 Å². The van der Waals surface area contributed by atoms with Crippen molar-refractivity contribution in [2.24, 2.45) is 0 Å². The number of anilines is 1. The summed E-state index contributed by atoms with van der Waals surface area (Å²) in [6.07, 6.45) is 2.64. The van der Waals surface area contributed by atoms with Crippen LogP contribution in [-0.4, -0.2) is 36.8 Å². The molecule has 0 bridgehead atoms. The van der Waals surface area contributed by atoms with E-state index in [4.69, 9.17) is 10.5 Å². The second kappa shape index (κ2) is 3.64. The molecule has 1 fully saturated rings. The fourth-order valence-electron chi connectivity index (χ4n) is 2.05. The zero-order valence-corrected chi connectivity index (χ0v) is 9.32. The highest BCUT2D eigenvalue weighted by Crippen LogP contribution is 2.30. The molecular formula is C10H13N5O2. The first-order chi connectivity index (χ1) is 8.16. The predicted molar refractivity (Wildman–Crippen MR) is 59.9 cm³/mol. The van der Waals surface area contributed by atoms with Crippen molar-refractivity contribution in [2.45, 2.75) is 31.8 Å². The maximum atomic E-state index is 9.68. The zero-order chi connectivity index (χ0) is 12.0. The third-order valence-electron chi connectivity index (χ3n) is 3.05. The molecule has 0 radical (unpaired) electrons. The summed E-state index contributed by atoms with van der Waals surface area (Å²) in [4.78, 5) is 12.2. The lowest BCUT2D eigenvalue weighted by atomic mass is 10.2. The van der Waals surface area contributed by atoms with Crippen molar-refractivity contribution in [3.8, 4) is 0 Å². The van der Waals surface area contributed by atoms with Gasteiger partial charge in [-0.15, -0.1) is 0 Å². The number of nitrogens with two attached hydrogens (primary N) is 1. The molecule has 7 nitrogen and oxygen atoms in total. The van der Waals surface area contributed by atoms with Crippen LogP contribution in [0.1, 0.15) is 19.6 Å². The van der Waals surface area contributed by atoms with Gasteiger partial charge in [-0.1, -0.05) is 0 Å². The van der Waals surface area contributed by atoms with Gasteiger partial charge < -0.3 is 15.6 Å². The lowest BCUT2D eigenvalue weighted by Crippen LogP contribution is -2.15. The lowest BCUT2D eigenvalue weighted by molar-refractivity contribution is -0.00632. The predicted octanol–water partition coefficient (Wildman–Crippen LogP) is 0.0768. The molecule has 1 unspecified atom stereocenters. The van der Waals surface area contributed by atoms with Crippen LogP contribution in [0.3, 0.4) is 0 Å². The summed E-state index contributed by atoms with van der Waals surface area (Å²) in [5.41, 5.74) is 6.89. The molecule has 3 N–H and O–H groups in total. The molecule has 17 heavy (non-hydrogen) atoms. The summed E-state index contributed by atoms with van der Waals surface area (Å²) in [5.74, 6) is 0.348. The second-order valence-corrected chi connectivity index (χ2v) is 4.18. The van der Waals surface area contributed by atoms with E-state index < -0.39 is 6.10 Å². The molecule has 1 aliphatic rings. The molecule has 1 aliphatic heterocycles. The van der Waals surface area contributed by atoms with Crippen molar-refractivity contribution in [3.63, 3.8) is 0 Å². The number of nitrogens with zero attached hydrogens (tertiary/aromatic N) is 4. The quantitative estimate of drug-likeness (QED) is 0.726. The fraction of sp³-hybridized carbons (Fsp3) is 0.500. The lowest BCUT2D eigenvalue weighted by Gasteiger charge is -2.12. The second-order valence-electron chi connectivity index (χ2n) is 4.18. The molecule has 2 aromatic heterocycles. The standard InChI is InChI=1S/C10H13N5O2/c1-5-6(16)2-7(17-5)15-4-14-8-9(11)12-3-13-10(8)15/h3-7,16H,2H2,1H3,(H2,11,12,13)/t5-,6?,7-/m1/s1. The highest BCUT2D eigenvalue weighted by Gasteiger charge is 2.32. The number of aromatic nitrogens is 4. The number of nitrogen functional groups attached to an aromatic ring is 1. The average Bonchev–Trinajstić information content (AvgIpc) is 2.85. The molecule has 3 rings (SSSR count). The molecule has 3 atom stereocenters. The molecule has 7 heteroatoms. The molecule has 1 saturated heterocycles. The molecule has 90 valence electrons. The van der Waals surface area contributed by atoms with Crippen LogP contribution in [0, 0.1) is 0 Å². The number of rotatable bonds is 1. The Kier molecular flexibility index (Phi) is 2.23. The normalized spacial score (nSPS) is 28.9. The number of aliphatic hydroxyl groups is 1. The van der Waals surface area contributed by atoms with Crippen LogP contribution in [0.25, 0.3) is 11.2 Å². The van der Waals surface area contributed by atoms with Crippen molar-refractivity contribution < 1.29 is 9.84 Å². The third kappa shape index (κ3) is 1.55. The Labute approximate surface area is 97.3 Å². The Morgan fingerprint density at radius 1 is 1.47 bits per heavy atom. The van der Waals surface area contributed by atoms with Gasteiger partial charge >= 0.3 is 0 Å². The van der Waals surface area contributed by atoms with Crippen molar-refractivity contribution in [3.05, 3.63) is 12.7 Å². The topological polar surface area (TPSA) is 99.1 Å². The molecule has 3 heterocycles. The summed E-state index contributed by atoms with van der Waals surface area (Å²) >= 11 is 0. The van der Waals surface area contributed by atoms with Gasteiger partial charge in [0.15, 0.2) is 11.5 Å². The van der Waals surface area contributed by atoms with E-state index in [0.29, 0.717) is 23.4 Å².